The third-order valence-electron chi connectivity index (χ3n) is 5.94. The molecular weight excluding hydrogens is 330 g/mol. The number of piperidine rings is 2. The molecule has 1 atom stereocenters. The van der Waals surface area contributed by atoms with Gasteiger partial charge in [0.1, 0.15) is 0 Å². The van der Waals surface area contributed by atoms with Crippen LogP contribution in [0, 0.1) is 5.92 Å². The Morgan fingerprint density at radius 2 is 1.73 bits per heavy atom. The van der Waals surface area contributed by atoms with Crippen molar-refractivity contribution in [2.45, 2.75) is 31.7 Å². The van der Waals surface area contributed by atoms with Gasteiger partial charge in [0.25, 0.3) is 0 Å². The van der Waals surface area contributed by atoms with Gasteiger partial charge in [0.05, 0.1) is 19.1 Å². The van der Waals surface area contributed by atoms with Gasteiger partial charge in [0, 0.05) is 51.2 Å². The summed E-state index contributed by atoms with van der Waals surface area (Å²) in [4.78, 5) is 28.4. The topological polar surface area (TPSA) is 61.8 Å². The number of likely N-dealkylation sites (tertiary alicyclic amines) is 1. The molecule has 3 fully saturated rings. The van der Waals surface area contributed by atoms with E-state index in [9.17, 15) is 4.79 Å². The van der Waals surface area contributed by atoms with Crippen LogP contribution in [-0.2, 0) is 9.53 Å². The van der Waals surface area contributed by atoms with E-state index in [0.717, 1.165) is 70.9 Å². The molecule has 3 aliphatic rings. The van der Waals surface area contributed by atoms with Gasteiger partial charge in [-0.1, -0.05) is 0 Å². The molecule has 0 spiro atoms. The molecule has 0 N–H and O–H groups in total. The quantitative estimate of drug-likeness (QED) is 0.803. The van der Waals surface area contributed by atoms with Crippen molar-refractivity contribution < 1.29 is 9.53 Å². The van der Waals surface area contributed by atoms with Crippen molar-refractivity contribution >= 4 is 11.9 Å². The lowest BCUT2D eigenvalue weighted by atomic mass is 9.92. The van der Waals surface area contributed by atoms with Crippen LogP contribution in [0.5, 0.6) is 0 Å². The minimum atomic E-state index is 0.164. The maximum atomic E-state index is 12.8. The maximum Gasteiger partial charge on any atom is 0.227 e. The number of nitrogens with zero attached hydrogens (tertiary/aromatic N) is 5. The van der Waals surface area contributed by atoms with Gasteiger partial charge >= 0.3 is 0 Å². The number of hydrogen-bond acceptors (Lipinski definition) is 6. The van der Waals surface area contributed by atoms with Gasteiger partial charge in [-0.2, -0.15) is 0 Å². The first-order valence-electron chi connectivity index (χ1n) is 9.94. The molecule has 7 heteroatoms. The highest BCUT2D eigenvalue weighted by atomic mass is 16.5. The summed E-state index contributed by atoms with van der Waals surface area (Å²) in [6, 6.07) is 2.44. The SMILES string of the molecule is O=C([C@@H]1CCCN(C2CCN(c3ncccn3)CC2)C1)N1CCOCC1. The predicted octanol–water partition coefficient (Wildman–Crippen LogP) is 1.02. The summed E-state index contributed by atoms with van der Waals surface area (Å²) in [6.07, 6.45) is 8.02. The van der Waals surface area contributed by atoms with Gasteiger partial charge in [-0.15, -0.1) is 0 Å². The Morgan fingerprint density at radius 1 is 1.00 bits per heavy atom. The minimum absolute atomic E-state index is 0.164. The fraction of sp³-hybridized carbons (Fsp3) is 0.737. The zero-order chi connectivity index (χ0) is 17.8. The van der Waals surface area contributed by atoms with Crippen LogP contribution in [0.4, 0.5) is 5.95 Å². The summed E-state index contributed by atoms with van der Waals surface area (Å²) in [5.41, 5.74) is 0. The Bertz CT molecular complexity index is 585. The summed E-state index contributed by atoms with van der Waals surface area (Å²) < 4.78 is 5.38. The molecule has 0 bridgehead atoms. The van der Waals surface area contributed by atoms with E-state index in [0.29, 0.717) is 25.2 Å². The average Bonchev–Trinajstić information content (AvgIpc) is 2.75. The van der Waals surface area contributed by atoms with E-state index in [4.69, 9.17) is 4.74 Å². The zero-order valence-electron chi connectivity index (χ0n) is 15.4. The molecule has 26 heavy (non-hydrogen) atoms. The number of anilines is 1. The largest absolute Gasteiger partial charge is 0.378 e. The molecule has 1 aromatic rings. The number of amides is 1. The normalized spacial score (nSPS) is 26.1. The fourth-order valence-electron chi connectivity index (χ4n) is 4.47. The van der Waals surface area contributed by atoms with E-state index in [1.54, 1.807) is 12.4 Å². The first-order valence-corrected chi connectivity index (χ1v) is 9.94. The Labute approximate surface area is 155 Å². The van der Waals surface area contributed by atoms with Gasteiger partial charge in [-0.3, -0.25) is 9.69 Å². The summed E-state index contributed by atoms with van der Waals surface area (Å²) in [7, 11) is 0. The average molecular weight is 359 g/mol. The van der Waals surface area contributed by atoms with Crippen molar-refractivity contribution in [3.63, 3.8) is 0 Å². The first-order chi connectivity index (χ1) is 12.8. The van der Waals surface area contributed by atoms with Crippen LogP contribution in [0.25, 0.3) is 0 Å². The van der Waals surface area contributed by atoms with Crippen LogP contribution in [0.3, 0.4) is 0 Å². The lowest BCUT2D eigenvalue weighted by molar-refractivity contribution is -0.141. The Morgan fingerprint density at radius 3 is 2.46 bits per heavy atom. The smallest absolute Gasteiger partial charge is 0.227 e. The van der Waals surface area contributed by atoms with Crippen molar-refractivity contribution in [3.05, 3.63) is 18.5 Å². The molecule has 1 amide bonds. The maximum absolute atomic E-state index is 12.8. The Balaban J connectivity index is 1.30. The van der Waals surface area contributed by atoms with Crippen molar-refractivity contribution in [1.29, 1.82) is 0 Å². The van der Waals surface area contributed by atoms with Crippen LogP contribution in [0.2, 0.25) is 0 Å². The van der Waals surface area contributed by atoms with Crippen LogP contribution >= 0.6 is 0 Å². The molecular formula is C19H29N5O2. The van der Waals surface area contributed by atoms with E-state index < -0.39 is 0 Å². The van der Waals surface area contributed by atoms with Crippen LogP contribution in [0.15, 0.2) is 18.5 Å². The summed E-state index contributed by atoms with van der Waals surface area (Å²) in [5.74, 6) is 1.34. The Kier molecular flexibility index (Phi) is 5.65. The number of hydrogen-bond donors (Lipinski definition) is 0. The summed E-state index contributed by atoms with van der Waals surface area (Å²) >= 11 is 0. The lowest BCUT2D eigenvalue weighted by Crippen LogP contribution is -2.52. The molecule has 4 rings (SSSR count). The summed E-state index contributed by atoms with van der Waals surface area (Å²) in [6.45, 7) is 6.91. The van der Waals surface area contributed by atoms with Crippen molar-refractivity contribution in [3.8, 4) is 0 Å². The Hall–Kier alpha value is -1.73. The monoisotopic (exact) mass is 359 g/mol. The number of carbonyl (C=O) groups is 1. The van der Waals surface area contributed by atoms with Gasteiger partial charge in [-0.05, 0) is 38.3 Å². The molecule has 3 saturated heterocycles. The lowest BCUT2D eigenvalue weighted by Gasteiger charge is -2.43. The van der Waals surface area contributed by atoms with E-state index in [1.807, 2.05) is 11.0 Å². The van der Waals surface area contributed by atoms with E-state index in [1.165, 1.54) is 0 Å². The number of rotatable bonds is 3. The van der Waals surface area contributed by atoms with Gasteiger partial charge in [0.15, 0.2) is 0 Å². The first kappa shape index (κ1) is 17.7. The molecule has 7 nitrogen and oxygen atoms in total. The van der Waals surface area contributed by atoms with Crippen LogP contribution in [0.1, 0.15) is 25.7 Å². The highest BCUT2D eigenvalue weighted by Crippen LogP contribution is 2.26. The molecule has 0 saturated carbocycles. The van der Waals surface area contributed by atoms with Crippen LogP contribution < -0.4 is 4.90 Å². The second-order valence-corrected chi connectivity index (χ2v) is 7.54. The highest BCUT2D eigenvalue weighted by molar-refractivity contribution is 5.79. The van der Waals surface area contributed by atoms with Gasteiger partial charge in [0.2, 0.25) is 11.9 Å². The predicted molar refractivity (Wildman–Crippen MR) is 99.0 cm³/mol. The number of morpholine rings is 1. The molecule has 0 unspecified atom stereocenters. The second-order valence-electron chi connectivity index (χ2n) is 7.54. The second kappa shape index (κ2) is 8.31. The molecule has 0 aromatic carbocycles. The number of carbonyl (C=O) groups excluding carboxylic acids is 1. The van der Waals surface area contributed by atoms with E-state index >= 15 is 0 Å². The van der Waals surface area contributed by atoms with Gasteiger partial charge in [-0.25, -0.2) is 9.97 Å². The standard InChI is InChI=1S/C19H29N5O2/c25-18(22-11-13-26-14-12-22)16-3-1-8-24(15-16)17-4-9-23(10-5-17)19-20-6-2-7-21-19/h2,6-7,16-17H,1,3-5,8-15H2/t16-/m1/s1. The molecule has 1 aromatic heterocycles. The minimum Gasteiger partial charge on any atom is -0.378 e. The summed E-state index contributed by atoms with van der Waals surface area (Å²) in [5, 5.41) is 0. The molecule has 142 valence electrons. The molecule has 3 aliphatic heterocycles. The molecule has 0 radical (unpaired) electrons. The third-order valence-corrected chi connectivity index (χ3v) is 5.94. The van der Waals surface area contributed by atoms with Crippen molar-refractivity contribution in [2.75, 3.05) is 57.4 Å². The zero-order valence-corrected chi connectivity index (χ0v) is 15.4. The van der Waals surface area contributed by atoms with Gasteiger partial charge < -0.3 is 14.5 Å². The molecule has 0 aliphatic carbocycles. The highest BCUT2D eigenvalue weighted by Gasteiger charge is 2.34. The van der Waals surface area contributed by atoms with Crippen molar-refractivity contribution in [2.24, 2.45) is 5.92 Å². The third kappa shape index (κ3) is 3.99. The molecule has 4 heterocycles. The number of aromatic nitrogens is 2. The van der Waals surface area contributed by atoms with Crippen LogP contribution in [-0.4, -0.2) is 84.2 Å². The fourth-order valence-corrected chi connectivity index (χ4v) is 4.47. The van der Waals surface area contributed by atoms with E-state index in [-0.39, 0.29) is 5.92 Å². The number of ether oxygens (including phenoxy) is 1. The van der Waals surface area contributed by atoms with E-state index in [2.05, 4.69) is 19.8 Å². The van der Waals surface area contributed by atoms with Crippen molar-refractivity contribution in [1.82, 2.24) is 19.8 Å².